The van der Waals surface area contributed by atoms with E-state index in [2.05, 4.69) is 12.2 Å². The maximum Gasteiger partial charge on any atom is 0.341 e. The molecule has 0 saturated heterocycles. The van der Waals surface area contributed by atoms with E-state index in [0.29, 0.717) is 30.9 Å². The molecule has 30 heavy (non-hydrogen) atoms. The van der Waals surface area contributed by atoms with Crippen LogP contribution >= 0.6 is 0 Å². The molecule has 2 aromatic rings. The van der Waals surface area contributed by atoms with E-state index in [4.69, 9.17) is 9.47 Å². The van der Waals surface area contributed by atoms with Crippen molar-refractivity contribution in [2.45, 2.75) is 50.9 Å². The van der Waals surface area contributed by atoms with Crippen LogP contribution in [0.1, 0.15) is 61.4 Å². The molecule has 1 amide bonds. The number of esters is 1. The van der Waals surface area contributed by atoms with E-state index in [0.717, 1.165) is 31.2 Å². The first kappa shape index (κ1) is 21.8. The van der Waals surface area contributed by atoms with Crippen LogP contribution in [0.3, 0.4) is 0 Å². The molecule has 0 bridgehead atoms. The number of carbonyl (C=O) groups is 2. The molecule has 1 saturated carbocycles. The summed E-state index contributed by atoms with van der Waals surface area (Å²) in [4.78, 5) is 25.5. The number of anilines is 1. The smallest absolute Gasteiger partial charge is 0.341 e. The molecular weight excluding hydrogens is 385 g/mol. The monoisotopic (exact) mass is 413 g/mol. The number of hydrogen-bond acceptors (Lipinski definition) is 4. The molecule has 6 heteroatoms. The molecule has 0 aliphatic heterocycles. The number of halogens is 1. The Balaban J connectivity index is 1.85. The summed E-state index contributed by atoms with van der Waals surface area (Å²) in [7, 11) is 1.31. The average molecular weight is 413 g/mol. The highest BCUT2D eigenvalue weighted by Crippen LogP contribution is 2.42. The average Bonchev–Trinajstić information content (AvgIpc) is 3.26. The maximum atomic E-state index is 13.4. The Bertz CT molecular complexity index is 889. The van der Waals surface area contributed by atoms with Gasteiger partial charge in [0.15, 0.2) is 0 Å². The van der Waals surface area contributed by atoms with Gasteiger partial charge in [-0.05, 0) is 55.2 Å². The minimum atomic E-state index is -0.699. The number of amides is 1. The van der Waals surface area contributed by atoms with Gasteiger partial charge in [0.05, 0.1) is 19.1 Å². The number of methoxy groups -OCH3 is 1. The Morgan fingerprint density at radius 3 is 2.43 bits per heavy atom. The zero-order valence-corrected chi connectivity index (χ0v) is 17.5. The summed E-state index contributed by atoms with van der Waals surface area (Å²) >= 11 is 0. The highest BCUT2D eigenvalue weighted by atomic mass is 19.1. The fourth-order valence-electron chi connectivity index (χ4n) is 3.97. The van der Waals surface area contributed by atoms with Crippen molar-refractivity contribution in [2.24, 2.45) is 0 Å². The van der Waals surface area contributed by atoms with Gasteiger partial charge >= 0.3 is 5.97 Å². The van der Waals surface area contributed by atoms with Gasteiger partial charge in [0.2, 0.25) is 5.91 Å². The van der Waals surface area contributed by atoms with Crippen LogP contribution in [-0.4, -0.2) is 25.6 Å². The lowest BCUT2D eigenvalue weighted by molar-refractivity contribution is -0.121. The molecule has 1 N–H and O–H groups in total. The third-order valence-corrected chi connectivity index (χ3v) is 5.69. The van der Waals surface area contributed by atoms with Crippen LogP contribution in [0.5, 0.6) is 5.75 Å². The zero-order valence-electron chi connectivity index (χ0n) is 17.5. The Hall–Kier alpha value is -2.89. The topological polar surface area (TPSA) is 64.6 Å². The van der Waals surface area contributed by atoms with Crippen LogP contribution in [-0.2, 0) is 14.9 Å². The molecule has 1 aliphatic rings. The summed E-state index contributed by atoms with van der Waals surface area (Å²) in [6, 6.07) is 11.1. The standard InChI is InChI=1S/C24H28FNO4/c1-3-4-15-30-21-12-11-19(16-20(21)22(27)29-2)26-23(28)24(13-5-6-14-24)17-7-9-18(25)10-8-17/h7-12,16H,3-6,13-15H2,1-2H3,(H,26,28). The van der Waals surface area contributed by atoms with Crippen molar-refractivity contribution in [3.8, 4) is 5.75 Å². The van der Waals surface area contributed by atoms with Gasteiger partial charge in [-0.25, -0.2) is 9.18 Å². The van der Waals surface area contributed by atoms with E-state index in [1.54, 1.807) is 30.3 Å². The van der Waals surface area contributed by atoms with Crippen molar-refractivity contribution in [3.05, 3.63) is 59.4 Å². The molecule has 0 aromatic heterocycles. The van der Waals surface area contributed by atoms with Crippen molar-refractivity contribution < 1.29 is 23.5 Å². The molecule has 2 aromatic carbocycles. The maximum absolute atomic E-state index is 13.4. The summed E-state index contributed by atoms with van der Waals surface area (Å²) in [6.45, 7) is 2.56. The molecule has 1 fully saturated rings. The molecular formula is C24H28FNO4. The van der Waals surface area contributed by atoms with Crippen LogP contribution in [0.25, 0.3) is 0 Å². The van der Waals surface area contributed by atoms with Crippen LogP contribution < -0.4 is 10.1 Å². The summed E-state index contributed by atoms with van der Waals surface area (Å²) in [5.41, 5.74) is 0.881. The van der Waals surface area contributed by atoms with Gasteiger partial charge in [0.25, 0.3) is 0 Å². The van der Waals surface area contributed by atoms with Gasteiger partial charge in [-0.2, -0.15) is 0 Å². The van der Waals surface area contributed by atoms with Gasteiger partial charge in [0.1, 0.15) is 17.1 Å². The molecule has 0 heterocycles. The minimum absolute atomic E-state index is 0.151. The van der Waals surface area contributed by atoms with Crippen LogP contribution in [0.2, 0.25) is 0 Å². The molecule has 0 unspecified atom stereocenters. The number of rotatable bonds is 8. The summed E-state index contributed by atoms with van der Waals surface area (Å²) in [5.74, 6) is -0.565. The van der Waals surface area contributed by atoms with Crippen molar-refractivity contribution in [1.82, 2.24) is 0 Å². The van der Waals surface area contributed by atoms with Crippen molar-refractivity contribution in [2.75, 3.05) is 19.0 Å². The van der Waals surface area contributed by atoms with Gasteiger partial charge < -0.3 is 14.8 Å². The molecule has 160 valence electrons. The molecule has 0 radical (unpaired) electrons. The third kappa shape index (κ3) is 4.64. The lowest BCUT2D eigenvalue weighted by Crippen LogP contribution is -2.38. The summed E-state index contributed by atoms with van der Waals surface area (Å²) in [6.07, 6.45) is 5.12. The van der Waals surface area contributed by atoms with Gasteiger partial charge in [-0.3, -0.25) is 4.79 Å². The van der Waals surface area contributed by atoms with Gasteiger partial charge in [0, 0.05) is 5.69 Å². The number of hydrogen-bond donors (Lipinski definition) is 1. The first-order chi connectivity index (χ1) is 14.5. The fourth-order valence-corrected chi connectivity index (χ4v) is 3.97. The predicted octanol–water partition coefficient (Wildman–Crippen LogP) is 5.24. The van der Waals surface area contributed by atoms with Crippen LogP contribution in [0, 0.1) is 5.82 Å². The molecule has 5 nitrogen and oxygen atoms in total. The summed E-state index contributed by atoms with van der Waals surface area (Å²) < 4.78 is 24.0. The third-order valence-electron chi connectivity index (χ3n) is 5.69. The molecule has 1 aliphatic carbocycles. The highest BCUT2D eigenvalue weighted by molar-refractivity contribution is 6.01. The van der Waals surface area contributed by atoms with E-state index in [1.165, 1.54) is 19.2 Å². The lowest BCUT2D eigenvalue weighted by Gasteiger charge is -2.28. The van der Waals surface area contributed by atoms with Crippen LogP contribution in [0.4, 0.5) is 10.1 Å². The van der Waals surface area contributed by atoms with E-state index >= 15 is 0 Å². The van der Waals surface area contributed by atoms with Gasteiger partial charge in [-0.1, -0.05) is 38.3 Å². The number of unbranched alkanes of at least 4 members (excludes halogenated alkanes) is 1. The SMILES string of the molecule is CCCCOc1ccc(NC(=O)C2(c3ccc(F)cc3)CCCC2)cc1C(=O)OC. The normalized spacial score (nSPS) is 14.9. The van der Waals surface area contributed by atoms with Crippen molar-refractivity contribution in [1.29, 1.82) is 0 Å². The minimum Gasteiger partial charge on any atom is -0.493 e. The Morgan fingerprint density at radius 1 is 1.10 bits per heavy atom. The Kier molecular flexibility index (Phi) is 7.08. The second-order valence-corrected chi connectivity index (χ2v) is 7.65. The number of nitrogens with one attached hydrogen (secondary N) is 1. The summed E-state index contributed by atoms with van der Waals surface area (Å²) in [5, 5.41) is 2.96. The predicted molar refractivity (Wildman–Crippen MR) is 113 cm³/mol. The largest absolute Gasteiger partial charge is 0.493 e. The number of ether oxygens (including phenoxy) is 2. The molecule has 3 rings (SSSR count). The van der Waals surface area contributed by atoms with E-state index in [-0.39, 0.29) is 17.3 Å². The Labute approximate surface area is 176 Å². The van der Waals surface area contributed by atoms with E-state index < -0.39 is 11.4 Å². The fraction of sp³-hybridized carbons (Fsp3) is 0.417. The number of benzene rings is 2. The lowest BCUT2D eigenvalue weighted by atomic mass is 9.78. The second kappa shape index (κ2) is 9.74. The van der Waals surface area contributed by atoms with Crippen LogP contribution in [0.15, 0.2) is 42.5 Å². The molecule has 0 spiro atoms. The highest BCUT2D eigenvalue weighted by Gasteiger charge is 2.42. The van der Waals surface area contributed by atoms with Crippen molar-refractivity contribution in [3.63, 3.8) is 0 Å². The zero-order chi connectivity index (χ0) is 21.6. The number of carbonyl (C=O) groups excluding carboxylic acids is 2. The van der Waals surface area contributed by atoms with E-state index in [1.807, 2.05) is 0 Å². The van der Waals surface area contributed by atoms with Gasteiger partial charge in [-0.15, -0.1) is 0 Å². The quantitative estimate of drug-likeness (QED) is 0.475. The molecule has 0 atom stereocenters. The first-order valence-corrected chi connectivity index (χ1v) is 10.4. The first-order valence-electron chi connectivity index (χ1n) is 10.4. The van der Waals surface area contributed by atoms with Crippen molar-refractivity contribution >= 4 is 17.6 Å². The second-order valence-electron chi connectivity index (χ2n) is 7.65. The Morgan fingerprint density at radius 2 is 1.80 bits per heavy atom. The van der Waals surface area contributed by atoms with E-state index in [9.17, 15) is 14.0 Å².